The zero-order valence-electron chi connectivity index (χ0n) is 5.41. The standard InChI is InChI=1S/C7H13N/c1-6-4-8-5-7(6)2-3-7/h6,8H,2-5H2,1H3/t6-/m1/s1. The summed E-state index contributed by atoms with van der Waals surface area (Å²) in [6.45, 7) is 4.93. The fraction of sp³-hybridized carbons (Fsp3) is 1.00. The third kappa shape index (κ3) is 0.455. The molecule has 1 N–H and O–H groups in total. The minimum atomic E-state index is 0.792. The highest BCUT2D eigenvalue weighted by Crippen LogP contribution is 2.53. The molecule has 1 nitrogen and oxygen atoms in total. The van der Waals surface area contributed by atoms with Gasteiger partial charge in [-0.3, -0.25) is 0 Å². The fourth-order valence-corrected chi connectivity index (χ4v) is 1.76. The molecule has 0 aromatic heterocycles. The topological polar surface area (TPSA) is 12.0 Å². The van der Waals surface area contributed by atoms with Crippen LogP contribution in [0.25, 0.3) is 0 Å². The van der Waals surface area contributed by atoms with E-state index in [0.717, 1.165) is 11.3 Å². The molecule has 1 heterocycles. The molecule has 2 aliphatic rings. The first-order valence-corrected chi connectivity index (χ1v) is 3.54. The molecule has 1 spiro atoms. The van der Waals surface area contributed by atoms with Crippen LogP contribution in [0.4, 0.5) is 0 Å². The minimum absolute atomic E-state index is 0.792. The summed E-state index contributed by atoms with van der Waals surface area (Å²) in [7, 11) is 0. The van der Waals surface area contributed by atoms with Crippen LogP contribution in [0.1, 0.15) is 19.8 Å². The third-order valence-corrected chi connectivity index (χ3v) is 2.87. The van der Waals surface area contributed by atoms with E-state index in [1.165, 1.54) is 25.9 Å². The molecular formula is C7H13N. The Balaban J connectivity index is 2.12. The van der Waals surface area contributed by atoms with Crippen molar-refractivity contribution in [1.29, 1.82) is 0 Å². The van der Waals surface area contributed by atoms with Crippen molar-refractivity contribution in [2.24, 2.45) is 11.3 Å². The van der Waals surface area contributed by atoms with Gasteiger partial charge in [0, 0.05) is 6.54 Å². The smallest absolute Gasteiger partial charge is 0.00110 e. The summed E-state index contributed by atoms with van der Waals surface area (Å²) < 4.78 is 0. The van der Waals surface area contributed by atoms with Crippen LogP contribution in [-0.4, -0.2) is 13.1 Å². The maximum absolute atomic E-state index is 3.42. The minimum Gasteiger partial charge on any atom is -0.316 e. The molecule has 0 aromatic carbocycles. The lowest BCUT2D eigenvalue weighted by atomic mass is 9.95. The summed E-state index contributed by atoms with van der Waals surface area (Å²) in [5, 5.41) is 3.42. The first-order chi connectivity index (χ1) is 3.83. The highest BCUT2D eigenvalue weighted by molar-refractivity contribution is 5.02. The SMILES string of the molecule is C[C@@H]1CNCC12CC2. The Labute approximate surface area is 50.5 Å². The van der Waals surface area contributed by atoms with Gasteiger partial charge in [-0.2, -0.15) is 0 Å². The molecule has 1 atom stereocenters. The summed E-state index contributed by atoms with van der Waals surface area (Å²) in [5.41, 5.74) is 0.792. The van der Waals surface area contributed by atoms with Crippen molar-refractivity contribution < 1.29 is 0 Å². The second-order valence-corrected chi connectivity index (χ2v) is 3.39. The van der Waals surface area contributed by atoms with Gasteiger partial charge < -0.3 is 5.32 Å². The normalized spacial score (nSPS) is 40.9. The monoisotopic (exact) mass is 111 g/mol. The van der Waals surface area contributed by atoms with Crippen LogP contribution in [0.3, 0.4) is 0 Å². The Hall–Kier alpha value is -0.0400. The summed E-state index contributed by atoms with van der Waals surface area (Å²) in [5.74, 6) is 0.961. The molecule has 2 rings (SSSR count). The van der Waals surface area contributed by atoms with Crippen LogP contribution in [0, 0.1) is 11.3 Å². The van der Waals surface area contributed by atoms with Crippen molar-refractivity contribution in [3.63, 3.8) is 0 Å². The van der Waals surface area contributed by atoms with Crippen molar-refractivity contribution >= 4 is 0 Å². The zero-order chi connectivity index (χ0) is 5.61. The molecule has 0 amide bonds. The van der Waals surface area contributed by atoms with Crippen molar-refractivity contribution in [2.45, 2.75) is 19.8 Å². The van der Waals surface area contributed by atoms with Crippen LogP contribution >= 0.6 is 0 Å². The lowest BCUT2D eigenvalue weighted by molar-refractivity contribution is 0.432. The van der Waals surface area contributed by atoms with E-state index in [1.807, 2.05) is 0 Å². The van der Waals surface area contributed by atoms with Crippen LogP contribution in [-0.2, 0) is 0 Å². The Kier molecular flexibility index (Phi) is 0.762. The van der Waals surface area contributed by atoms with Gasteiger partial charge in [-0.1, -0.05) is 6.92 Å². The predicted molar refractivity (Wildman–Crippen MR) is 33.7 cm³/mol. The zero-order valence-corrected chi connectivity index (χ0v) is 5.41. The molecule has 1 saturated carbocycles. The molecule has 0 radical (unpaired) electrons. The Morgan fingerprint density at radius 3 is 2.50 bits per heavy atom. The van der Waals surface area contributed by atoms with E-state index in [-0.39, 0.29) is 0 Å². The van der Waals surface area contributed by atoms with Gasteiger partial charge in [-0.25, -0.2) is 0 Å². The van der Waals surface area contributed by atoms with Gasteiger partial charge in [-0.05, 0) is 30.7 Å². The Morgan fingerprint density at radius 1 is 1.50 bits per heavy atom. The average Bonchev–Trinajstić information content (AvgIpc) is 2.39. The summed E-state index contributed by atoms with van der Waals surface area (Å²) >= 11 is 0. The highest BCUT2D eigenvalue weighted by atomic mass is 15.0. The van der Waals surface area contributed by atoms with E-state index in [4.69, 9.17) is 0 Å². The second-order valence-electron chi connectivity index (χ2n) is 3.39. The van der Waals surface area contributed by atoms with Crippen molar-refractivity contribution in [3.8, 4) is 0 Å². The van der Waals surface area contributed by atoms with Crippen molar-refractivity contribution in [1.82, 2.24) is 5.32 Å². The molecule has 8 heavy (non-hydrogen) atoms. The Morgan fingerprint density at radius 2 is 2.25 bits per heavy atom. The first-order valence-electron chi connectivity index (χ1n) is 3.54. The number of hydrogen-bond donors (Lipinski definition) is 1. The lowest BCUT2D eigenvalue weighted by Crippen LogP contribution is -2.09. The number of hydrogen-bond acceptors (Lipinski definition) is 1. The summed E-state index contributed by atoms with van der Waals surface area (Å²) in [4.78, 5) is 0. The largest absolute Gasteiger partial charge is 0.316 e. The first kappa shape index (κ1) is 4.80. The highest BCUT2D eigenvalue weighted by Gasteiger charge is 2.49. The van der Waals surface area contributed by atoms with Gasteiger partial charge in [0.25, 0.3) is 0 Å². The fourth-order valence-electron chi connectivity index (χ4n) is 1.76. The maximum atomic E-state index is 3.42. The Bertz CT molecular complexity index is 105. The molecule has 0 bridgehead atoms. The van der Waals surface area contributed by atoms with Crippen molar-refractivity contribution in [2.75, 3.05) is 13.1 Å². The van der Waals surface area contributed by atoms with E-state index in [0.29, 0.717) is 0 Å². The van der Waals surface area contributed by atoms with Crippen molar-refractivity contribution in [3.05, 3.63) is 0 Å². The maximum Gasteiger partial charge on any atom is 0.00110 e. The summed E-state index contributed by atoms with van der Waals surface area (Å²) in [6, 6.07) is 0. The van der Waals surface area contributed by atoms with Gasteiger partial charge in [-0.15, -0.1) is 0 Å². The van der Waals surface area contributed by atoms with Crippen LogP contribution in [0.15, 0.2) is 0 Å². The summed E-state index contributed by atoms with van der Waals surface area (Å²) in [6.07, 6.45) is 2.97. The molecular weight excluding hydrogens is 98.1 g/mol. The van der Waals surface area contributed by atoms with Gasteiger partial charge in [0.05, 0.1) is 0 Å². The van der Waals surface area contributed by atoms with E-state index in [1.54, 1.807) is 0 Å². The van der Waals surface area contributed by atoms with Gasteiger partial charge in [0.15, 0.2) is 0 Å². The molecule has 1 aliphatic carbocycles. The van der Waals surface area contributed by atoms with Gasteiger partial charge in [0.1, 0.15) is 0 Å². The van der Waals surface area contributed by atoms with Crippen LogP contribution in [0.2, 0.25) is 0 Å². The molecule has 2 fully saturated rings. The van der Waals surface area contributed by atoms with E-state index in [9.17, 15) is 0 Å². The van der Waals surface area contributed by atoms with Gasteiger partial charge >= 0.3 is 0 Å². The number of nitrogens with one attached hydrogen (secondary N) is 1. The molecule has 46 valence electrons. The molecule has 1 heteroatoms. The van der Waals surface area contributed by atoms with Gasteiger partial charge in [0.2, 0.25) is 0 Å². The quantitative estimate of drug-likeness (QED) is 0.492. The molecule has 0 unspecified atom stereocenters. The van der Waals surface area contributed by atoms with E-state index >= 15 is 0 Å². The van der Waals surface area contributed by atoms with Crippen LogP contribution < -0.4 is 5.32 Å². The second kappa shape index (κ2) is 1.27. The average molecular weight is 111 g/mol. The lowest BCUT2D eigenvalue weighted by Gasteiger charge is -2.08. The number of rotatable bonds is 0. The van der Waals surface area contributed by atoms with E-state index < -0.39 is 0 Å². The third-order valence-electron chi connectivity index (χ3n) is 2.87. The molecule has 1 aliphatic heterocycles. The predicted octanol–water partition coefficient (Wildman–Crippen LogP) is 1.01. The van der Waals surface area contributed by atoms with E-state index in [2.05, 4.69) is 12.2 Å². The molecule has 1 saturated heterocycles. The van der Waals surface area contributed by atoms with Crippen LogP contribution in [0.5, 0.6) is 0 Å². The molecule has 0 aromatic rings.